The van der Waals surface area contributed by atoms with Gasteiger partial charge in [-0.3, -0.25) is 4.79 Å². The molecular formula is C25H15ClF3N3O3. The van der Waals surface area contributed by atoms with Gasteiger partial charge in [0.2, 0.25) is 5.89 Å². The van der Waals surface area contributed by atoms with E-state index in [-0.39, 0.29) is 29.1 Å². The summed E-state index contributed by atoms with van der Waals surface area (Å²) in [5.74, 6) is -1.99. The molecule has 0 bridgehead atoms. The monoisotopic (exact) mass is 497 g/mol. The van der Waals surface area contributed by atoms with Crippen molar-refractivity contribution >= 4 is 28.3 Å². The van der Waals surface area contributed by atoms with Crippen LogP contribution < -0.4 is 0 Å². The van der Waals surface area contributed by atoms with Gasteiger partial charge in [-0.2, -0.15) is 13.2 Å². The van der Waals surface area contributed by atoms with Crippen LogP contribution in [0.1, 0.15) is 27.5 Å². The minimum atomic E-state index is -4.91. The maximum atomic E-state index is 14.4. The highest BCUT2D eigenvalue weighted by Crippen LogP contribution is 2.41. The highest BCUT2D eigenvalue weighted by atomic mass is 35.5. The van der Waals surface area contributed by atoms with E-state index in [1.807, 2.05) is 0 Å². The first-order valence-corrected chi connectivity index (χ1v) is 10.7. The second kappa shape index (κ2) is 8.59. The number of nitrogens with zero attached hydrogens (tertiary/aromatic N) is 3. The Labute approximate surface area is 201 Å². The molecule has 0 saturated carbocycles. The Morgan fingerprint density at radius 2 is 1.71 bits per heavy atom. The third-order valence-corrected chi connectivity index (χ3v) is 5.69. The van der Waals surface area contributed by atoms with Crippen molar-refractivity contribution in [3.8, 4) is 17.2 Å². The maximum absolute atomic E-state index is 14.4. The van der Waals surface area contributed by atoms with E-state index in [0.717, 1.165) is 10.6 Å². The molecule has 35 heavy (non-hydrogen) atoms. The number of hydrogen-bond acceptors (Lipinski definition) is 5. The van der Waals surface area contributed by atoms with Gasteiger partial charge in [-0.15, -0.1) is 10.2 Å². The predicted octanol–water partition coefficient (Wildman–Crippen LogP) is 6.35. The summed E-state index contributed by atoms with van der Waals surface area (Å²) >= 11 is 5.91. The number of aromatic nitrogens is 3. The van der Waals surface area contributed by atoms with Gasteiger partial charge in [-0.05, 0) is 48.0 Å². The first-order valence-electron chi connectivity index (χ1n) is 10.3. The minimum Gasteiger partial charge on any atom is -0.508 e. The minimum absolute atomic E-state index is 0.00439. The lowest BCUT2D eigenvalue weighted by atomic mass is 10.1. The van der Waals surface area contributed by atoms with Crippen LogP contribution in [0.5, 0.6) is 5.75 Å². The molecule has 0 atom stereocenters. The Morgan fingerprint density at radius 1 is 1.00 bits per heavy atom. The van der Waals surface area contributed by atoms with Crippen molar-refractivity contribution in [2.24, 2.45) is 0 Å². The van der Waals surface area contributed by atoms with E-state index >= 15 is 0 Å². The first-order chi connectivity index (χ1) is 16.7. The number of phenolic OH excluding ortho intramolecular Hbond substituents is 1. The second-order valence-electron chi connectivity index (χ2n) is 7.74. The maximum Gasteiger partial charge on any atom is 0.432 e. The summed E-state index contributed by atoms with van der Waals surface area (Å²) in [7, 11) is 0. The Morgan fingerprint density at radius 3 is 2.40 bits per heavy atom. The Balaban J connectivity index is 1.70. The lowest BCUT2D eigenvalue weighted by Gasteiger charge is -2.14. The van der Waals surface area contributed by atoms with Gasteiger partial charge in [0.1, 0.15) is 11.4 Å². The molecule has 1 N–H and O–H groups in total. The number of ketones is 1. The Kier molecular flexibility index (Phi) is 5.56. The molecule has 6 nitrogen and oxygen atoms in total. The number of benzene rings is 3. The normalized spacial score (nSPS) is 11.8. The summed E-state index contributed by atoms with van der Waals surface area (Å²) in [6.45, 7) is -0.195. The van der Waals surface area contributed by atoms with Crippen molar-refractivity contribution in [1.29, 1.82) is 0 Å². The summed E-state index contributed by atoms with van der Waals surface area (Å²) in [6.07, 6.45) is -4.91. The number of halogens is 4. The topological polar surface area (TPSA) is 81.2 Å². The molecule has 5 rings (SSSR count). The third-order valence-electron chi connectivity index (χ3n) is 5.44. The van der Waals surface area contributed by atoms with Gasteiger partial charge in [0, 0.05) is 28.0 Å². The van der Waals surface area contributed by atoms with Crippen LogP contribution in [0, 0.1) is 0 Å². The predicted molar refractivity (Wildman–Crippen MR) is 122 cm³/mol. The van der Waals surface area contributed by atoms with Gasteiger partial charge in [0.05, 0.1) is 5.56 Å². The van der Waals surface area contributed by atoms with Gasteiger partial charge in [-0.25, -0.2) is 0 Å². The van der Waals surface area contributed by atoms with Crippen LogP contribution >= 0.6 is 11.6 Å². The average Bonchev–Trinajstić information content (AvgIpc) is 3.44. The fourth-order valence-corrected chi connectivity index (χ4v) is 4.05. The van der Waals surface area contributed by atoms with Crippen molar-refractivity contribution in [2.45, 2.75) is 12.7 Å². The molecule has 10 heteroatoms. The number of carbonyl (C=O) groups excluding carboxylic acids is 1. The SMILES string of the molecule is O=C(c1nnc(-c2ccccc2)o1)c1c(C(F)(F)F)n(Cc2ccc(Cl)cc2)c2ccc(O)cc12. The molecule has 176 valence electrons. The summed E-state index contributed by atoms with van der Waals surface area (Å²) < 4.78 is 49.7. The van der Waals surface area contributed by atoms with Gasteiger partial charge in [0.15, 0.2) is 0 Å². The smallest absolute Gasteiger partial charge is 0.432 e. The van der Waals surface area contributed by atoms with Crippen LogP contribution in [0.15, 0.2) is 77.2 Å². The van der Waals surface area contributed by atoms with E-state index in [2.05, 4.69) is 10.2 Å². The lowest BCUT2D eigenvalue weighted by molar-refractivity contribution is -0.143. The van der Waals surface area contributed by atoms with E-state index in [0.29, 0.717) is 16.1 Å². The van der Waals surface area contributed by atoms with E-state index in [1.165, 1.54) is 12.1 Å². The molecule has 0 aliphatic carbocycles. The van der Waals surface area contributed by atoms with E-state index in [4.69, 9.17) is 16.0 Å². The molecule has 3 aromatic carbocycles. The Hall–Kier alpha value is -4.11. The highest BCUT2D eigenvalue weighted by Gasteiger charge is 2.42. The largest absolute Gasteiger partial charge is 0.508 e. The number of rotatable bonds is 5. The fraction of sp³-hybridized carbons (Fsp3) is 0.0800. The molecule has 0 saturated heterocycles. The van der Waals surface area contributed by atoms with Crippen molar-refractivity contribution in [1.82, 2.24) is 14.8 Å². The van der Waals surface area contributed by atoms with Gasteiger partial charge in [0.25, 0.3) is 11.7 Å². The Bertz CT molecular complexity index is 1540. The molecule has 0 spiro atoms. The zero-order valence-electron chi connectivity index (χ0n) is 17.8. The van der Waals surface area contributed by atoms with E-state index in [9.17, 15) is 23.1 Å². The molecule has 2 heterocycles. The lowest BCUT2D eigenvalue weighted by Crippen LogP contribution is -2.19. The van der Waals surface area contributed by atoms with Crippen LogP contribution in [-0.4, -0.2) is 25.7 Å². The number of phenols is 1. The number of hydrogen-bond donors (Lipinski definition) is 1. The van der Waals surface area contributed by atoms with Crippen LogP contribution in [0.25, 0.3) is 22.4 Å². The average molecular weight is 498 g/mol. The standard InChI is InChI=1S/C25H15ClF3N3O3/c26-16-8-6-14(7-9-16)13-32-19-11-10-17(33)12-18(19)20(22(32)25(27,28)29)21(34)24-31-30-23(35-24)15-4-2-1-3-5-15/h1-12,33H,13H2. The summed E-state index contributed by atoms with van der Waals surface area (Å²) in [5, 5.41) is 17.9. The molecular weight excluding hydrogens is 483 g/mol. The molecule has 0 fully saturated rings. The molecule has 0 unspecified atom stereocenters. The quantitative estimate of drug-likeness (QED) is 0.286. The van der Waals surface area contributed by atoms with Crippen molar-refractivity contribution < 1.29 is 27.5 Å². The zero-order chi connectivity index (χ0) is 24.7. The number of alkyl halides is 3. The molecule has 0 aliphatic heterocycles. The third kappa shape index (κ3) is 4.26. The molecule has 5 aromatic rings. The van der Waals surface area contributed by atoms with Crippen LogP contribution in [-0.2, 0) is 12.7 Å². The first kappa shape index (κ1) is 22.7. The summed E-state index contributed by atoms with van der Waals surface area (Å²) in [4.78, 5) is 13.4. The van der Waals surface area contributed by atoms with Crippen LogP contribution in [0.3, 0.4) is 0 Å². The fourth-order valence-electron chi connectivity index (χ4n) is 3.92. The molecule has 0 radical (unpaired) electrons. The second-order valence-corrected chi connectivity index (χ2v) is 8.18. The van der Waals surface area contributed by atoms with Crippen molar-refractivity contribution in [3.05, 3.63) is 101 Å². The number of aromatic hydroxyl groups is 1. The molecule has 0 aliphatic rings. The zero-order valence-corrected chi connectivity index (χ0v) is 18.5. The molecule has 0 amide bonds. The van der Waals surface area contributed by atoms with Crippen LogP contribution in [0.2, 0.25) is 5.02 Å². The van der Waals surface area contributed by atoms with Crippen molar-refractivity contribution in [2.75, 3.05) is 0 Å². The van der Waals surface area contributed by atoms with Crippen LogP contribution in [0.4, 0.5) is 13.2 Å². The summed E-state index contributed by atoms with van der Waals surface area (Å²) in [5.41, 5.74) is -0.708. The van der Waals surface area contributed by atoms with E-state index in [1.54, 1.807) is 54.6 Å². The molecule has 2 aromatic heterocycles. The number of carbonyl (C=O) groups is 1. The van der Waals surface area contributed by atoms with Gasteiger partial charge in [-0.1, -0.05) is 41.9 Å². The number of fused-ring (bicyclic) bond motifs is 1. The van der Waals surface area contributed by atoms with Gasteiger partial charge >= 0.3 is 6.18 Å². The van der Waals surface area contributed by atoms with Crippen molar-refractivity contribution in [3.63, 3.8) is 0 Å². The van der Waals surface area contributed by atoms with E-state index < -0.39 is 29.1 Å². The summed E-state index contributed by atoms with van der Waals surface area (Å²) in [6, 6.07) is 18.6. The highest BCUT2D eigenvalue weighted by molar-refractivity contribution is 6.30. The van der Waals surface area contributed by atoms with Gasteiger partial charge < -0.3 is 14.1 Å².